The first-order valence-corrected chi connectivity index (χ1v) is 4.35. The summed E-state index contributed by atoms with van der Waals surface area (Å²) in [4.78, 5) is 14.0. The summed E-state index contributed by atoms with van der Waals surface area (Å²) in [5, 5.41) is 1.60. The molecule has 0 saturated carbocycles. The van der Waals surface area contributed by atoms with Gasteiger partial charge in [-0.25, -0.2) is 4.79 Å². The largest absolute Gasteiger partial charge is 0.464 e. The van der Waals surface area contributed by atoms with Gasteiger partial charge in [0.1, 0.15) is 11.3 Å². The summed E-state index contributed by atoms with van der Waals surface area (Å²) in [6.07, 6.45) is 4.62. The van der Waals surface area contributed by atoms with Crippen LogP contribution in [0.4, 0.5) is 5.69 Å². The number of nitrogens with zero attached hydrogens (tertiary/aromatic N) is 1. The minimum absolute atomic E-state index is 0.469. The number of isocyanates is 1. The van der Waals surface area contributed by atoms with Crippen LogP contribution in [0, 0.1) is 0 Å². The predicted octanol–water partition coefficient (Wildman–Crippen LogP) is 3.15. The van der Waals surface area contributed by atoms with Gasteiger partial charge in [-0.3, -0.25) is 0 Å². The first kappa shape index (κ1) is 8.03. The highest BCUT2D eigenvalue weighted by molar-refractivity contribution is 6.06. The molecule has 15 heavy (non-hydrogen) atoms. The Morgan fingerprint density at radius 2 is 2.07 bits per heavy atom. The van der Waals surface area contributed by atoms with Crippen molar-refractivity contribution in [2.24, 2.45) is 4.99 Å². The summed E-state index contributed by atoms with van der Waals surface area (Å²) >= 11 is 0. The quantitative estimate of drug-likeness (QED) is 0.446. The number of fused-ring (bicyclic) bond motifs is 2. The van der Waals surface area contributed by atoms with Crippen LogP contribution in [-0.2, 0) is 4.79 Å². The maximum absolute atomic E-state index is 10.3. The highest BCUT2D eigenvalue weighted by atomic mass is 16.3. The van der Waals surface area contributed by atoms with Gasteiger partial charge in [0.2, 0.25) is 6.08 Å². The molecule has 4 nitrogen and oxygen atoms in total. The van der Waals surface area contributed by atoms with Crippen LogP contribution in [0.1, 0.15) is 0 Å². The summed E-state index contributed by atoms with van der Waals surface area (Å²) in [7, 11) is 0. The molecule has 3 rings (SSSR count). The smallest absolute Gasteiger partial charge is 0.240 e. The van der Waals surface area contributed by atoms with E-state index in [0.717, 1.165) is 10.8 Å². The van der Waals surface area contributed by atoms with Crippen molar-refractivity contribution in [3.05, 3.63) is 30.7 Å². The third-order valence-corrected chi connectivity index (χ3v) is 2.31. The Hall–Kier alpha value is -2.32. The predicted molar refractivity (Wildman–Crippen MR) is 53.8 cm³/mol. The molecule has 0 aliphatic rings. The number of benzene rings is 1. The summed E-state index contributed by atoms with van der Waals surface area (Å²) < 4.78 is 10.5. The lowest BCUT2D eigenvalue weighted by atomic mass is 10.1. The average molecular weight is 199 g/mol. The van der Waals surface area contributed by atoms with E-state index in [4.69, 9.17) is 8.83 Å². The summed E-state index contributed by atoms with van der Waals surface area (Å²) in [6, 6.07) is 5.38. The fourth-order valence-corrected chi connectivity index (χ4v) is 1.67. The van der Waals surface area contributed by atoms with Crippen LogP contribution in [0.15, 0.2) is 44.6 Å². The second-order valence-corrected chi connectivity index (χ2v) is 3.10. The molecule has 0 radical (unpaired) electrons. The van der Waals surface area contributed by atoms with Gasteiger partial charge < -0.3 is 8.83 Å². The number of rotatable bonds is 1. The van der Waals surface area contributed by atoms with E-state index in [2.05, 4.69) is 4.99 Å². The maximum atomic E-state index is 10.3. The summed E-state index contributed by atoms with van der Waals surface area (Å²) in [5.74, 6) is 0. The third-order valence-electron chi connectivity index (χ3n) is 2.31. The molecule has 0 aliphatic carbocycles. The second-order valence-electron chi connectivity index (χ2n) is 3.10. The van der Waals surface area contributed by atoms with Crippen LogP contribution < -0.4 is 0 Å². The molecule has 0 aliphatic heterocycles. The van der Waals surface area contributed by atoms with Crippen molar-refractivity contribution in [3.8, 4) is 0 Å². The summed E-state index contributed by atoms with van der Waals surface area (Å²) in [5.41, 5.74) is 1.72. The molecular formula is C11H5NO3. The molecule has 72 valence electrons. The van der Waals surface area contributed by atoms with Crippen molar-refractivity contribution < 1.29 is 13.6 Å². The van der Waals surface area contributed by atoms with Crippen LogP contribution in [-0.4, -0.2) is 6.08 Å². The topological polar surface area (TPSA) is 55.7 Å². The molecule has 4 heteroatoms. The Morgan fingerprint density at radius 3 is 2.93 bits per heavy atom. The molecule has 0 spiro atoms. The molecule has 0 saturated heterocycles. The van der Waals surface area contributed by atoms with E-state index in [9.17, 15) is 4.79 Å². The monoisotopic (exact) mass is 199 g/mol. The SMILES string of the molecule is O=C=Nc1c2ccoc2cc2ccoc12. The lowest BCUT2D eigenvalue weighted by molar-refractivity contribution is 0.565. The number of aliphatic imine (C=N–C) groups is 1. The molecule has 1 aromatic carbocycles. The fraction of sp³-hybridized carbons (Fsp3) is 0. The maximum Gasteiger partial charge on any atom is 0.240 e. The Kier molecular flexibility index (Phi) is 1.52. The van der Waals surface area contributed by atoms with Crippen molar-refractivity contribution in [3.63, 3.8) is 0 Å². The van der Waals surface area contributed by atoms with E-state index in [1.165, 1.54) is 6.08 Å². The van der Waals surface area contributed by atoms with E-state index in [1.54, 1.807) is 24.7 Å². The highest BCUT2D eigenvalue weighted by Crippen LogP contribution is 2.35. The van der Waals surface area contributed by atoms with Crippen LogP contribution in [0.2, 0.25) is 0 Å². The Morgan fingerprint density at radius 1 is 1.20 bits per heavy atom. The molecule has 2 heterocycles. The highest BCUT2D eigenvalue weighted by Gasteiger charge is 2.11. The van der Waals surface area contributed by atoms with Crippen LogP contribution in [0.5, 0.6) is 0 Å². The van der Waals surface area contributed by atoms with Gasteiger partial charge in [-0.1, -0.05) is 0 Å². The minimum atomic E-state index is 0.469. The number of carbonyl (C=O) groups excluding carboxylic acids is 1. The van der Waals surface area contributed by atoms with Gasteiger partial charge in [0.25, 0.3) is 0 Å². The molecule has 0 bridgehead atoms. The minimum Gasteiger partial charge on any atom is -0.464 e. The van der Waals surface area contributed by atoms with E-state index in [-0.39, 0.29) is 0 Å². The van der Waals surface area contributed by atoms with Crippen LogP contribution >= 0.6 is 0 Å². The molecule has 0 fully saturated rings. The Labute approximate surface area is 83.8 Å². The van der Waals surface area contributed by atoms with E-state index in [1.807, 2.05) is 6.07 Å². The lowest BCUT2D eigenvalue weighted by Crippen LogP contribution is -1.70. The van der Waals surface area contributed by atoms with Gasteiger partial charge in [-0.15, -0.1) is 0 Å². The fourth-order valence-electron chi connectivity index (χ4n) is 1.67. The van der Waals surface area contributed by atoms with Crippen LogP contribution in [0.25, 0.3) is 21.9 Å². The first-order chi connectivity index (χ1) is 7.40. The van der Waals surface area contributed by atoms with E-state index >= 15 is 0 Å². The zero-order valence-corrected chi connectivity index (χ0v) is 7.56. The van der Waals surface area contributed by atoms with Crippen molar-refractivity contribution in [1.29, 1.82) is 0 Å². The van der Waals surface area contributed by atoms with Gasteiger partial charge in [-0.05, 0) is 18.2 Å². The van der Waals surface area contributed by atoms with Crippen molar-refractivity contribution in [1.82, 2.24) is 0 Å². The van der Waals surface area contributed by atoms with Gasteiger partial charge in [-0.2, -0.15) is 4.99 Å². The Bertz CT molecular complexity index is 637. The Balaban J connectivity index is 2.61. The zero-order chi connectivity index (χ0) is 10.3. The molecule has 0 N–H and O–H groups in total. The van der Waals surface area contributed by atoms with Gasteiger partial charge in [0.05, 0.1) is 17.9 Å². The van der Waals surface area contributed by atoms with Crippen LogP contribution in [0.3, 0.4) is 0 Å². The van der Waals surface area contributed by atoms with E-state index < -0.39 is 0 Å². The first-order valence-electron chi connectivity index (χ1n) is 4.35. The standard InChI is InChI=1S/C11H5NO3/c13-6-12-10-8-2-4-14-9(8)5-7-1-3-15-11(7)10/h1-5H. The summed E-state index contributed by atoms with van der Waals surface area (Å²) in [6.45, 7) is 0. The van der Waals surface area contributed by atoms with Gasteiger partial charge in [0.15, 0.2) is 5.58 Å². The number of hydrogen-bond donors (Lipinski definition) is 0. The van der Waals surface area contributed by atoms with E-state index in [0.29, 0.717) is 16.9 Å². The molecule has 0 unspecified atom stereocenters. The lowest BCUT2D eigenvalue weighted by Gasteiger charge is -1.95. The normalized spacial score (nSPS) is 10.7. The zero-order valence-electron chi connectivity index (χ0n) is 7.56. The van der Waals surface area contributed by atoms with Crippen molar-refractivity contribution >= 4 is 33.7 Å². The molecule has 3 aromatic rings. The number of furan rings is 2. The van der Waals surface area contributed by atoms with Gasteiger partial charge >= 0.3 is 0 Å². The molecule has 0 amide bonds. The average Bonchev–Trinajstić information content (AvgIpc) is 2.84. The molecule has 2 aromatic heterocycles. The molecule has 0 atom stereocenters. The molecular weight excluding hydrogens is 194 g/mol. The van der Waals surface area contributed by atoms with Gasteiger partial charge in [0, 0.05) is 5.39 Å². The van der Waals surface area contributed by atoms with Crippen molar-refractivity contribution in [2.45, 2.75) is 0 Å². The van der Waals surface area contributed by atoms with Crippen molar-refractivity contribution in [2.75, 3.05) is 0 Å². The second kappa shape index (κ2) is 2.83. The third kappa shape index (κ3) is 1.02. The number of hydrogen-bond acceptors (Lipinski definition) is 4.